The van der Waals surface area contributed by atoms with Crippen molar-refractivity contribution in [3.63, 3.8) is 0 Å². The van der Waals surface area contributed by atoms with Gasteiger partial charge in [0.2, 0.25) is 0 Å². The van der Waals surface area contributed by atoms with Crippen molar-refractivity contribution in [1.82, 2.24) is 4.98 Å². The summed E-state index contributed by atoms with van der Waals surface area (Å²) in [7, 11) is 0. The van der Waals surface area contributed by atoms with Crippen molar-refractivity contribution >= 4 is 11.1 Å². The molecule has 3 rings (SSSR count). The van der Waals surface area contributed by atoms with Gasteiger partial charge in [-0.25, -0.2) is 4.79 Å². The van der Waals surface area contributed by atoms with Crippen LogP contribution < -0.4 is 11.5 Å². The summed E-state index contributed by atoms with van der Waals surface area (Å²) in [5, 5.41) is 0. The van der Waals surface area contributed by atoms with E-state index in [1.165, 1.54) is 5.56 Å². The highest BCUT2D eigenvalue weighted by molar-refractivity contribution is 5.72. The number of H-pyrrole nitrogens is 1. The zero-order valence-corrected chi connectivity index (χ0v) is 8.90. The smallest absolute Gasteiger partial charge is 0.408 e. The topological polar surface area (TPSA) is 72.0 Å². The summed E-state index contributed by atoms with van der Waals surface area (Å²) in [6.45, 7) is 0. The third-order valence-electron chi connectivity index (χ3n) is 3.28. The highest BCUT2D eigenvalue weighted by atomic mass is 16.4. The van der Waals surface area contributed by atoms with Crippen LogP contribution in [0.25, 0.3) is 11.1 Å². The Kier molecular flexibility index (Phi) is 2.11. The molecule has 0 bridgehead atoms. The number of nitrogens with two attached hydrogens (primary N) is 1. The van der Waals surface area contributed by atoms with Crippen LogP contribution in [0.15, 0.2) is 27.4 Å². The third kappa shape index (κ3) is 1.65. The molecule has 0 unspecified atom stereocenters. The summed E-state index contributed by atoms with van der Waals surface area (Å²) in [5.74, 6) is 0.302. The standard InChI is InChI=1S/C12H14N2O2/c13-9-4-8(5-9)3-7-1-2-10-11(6-7)16-12(15)14-10/h1-2,6,8-9H,3-5,13H2,(H,14,15). The zero-order valence-electron chi connectivity index (χ0n) is 8.90. The summed E-state index contributed by atoms with van der Waals surface area (Å²) in [6, 6.07) is 6.27. The Balaban J connectivity index is 1.84. The number of nitrogens with one attached hydrogen (secondary N) is 1. The number of rotatable bonds is 2. The van der Waals surface area contributed by atoms with Crippen molar-refractivity contribution in [2.24, 2.45) is 11.7 Å². The molecule has 1 aliphatic rings. The molecule has 0 saturated heterocycles. The van der Waals surface area contributed by atoms with E-state index >= 15 is 0 Å². The molecule has 84 valence electrons. The average Bonchev–Trinajstić information content (AvgIpc) is 2.55. The molecule has 2 aromatic rings. The fourth-order valence-electron chi connectivity index (χ4n) is 2.40. The van der Waals surface area contributed by atoms with E-state index in [9.17, 15) is 4.79 Å². The van der Waals surface area contributed by atoms with Gasteiger partial charge in [0.25, 0.3) is 0 Å². The van der Waals surface area contributed by atoms with Crippen LogP contribution in [0.3, 0.4) is 0 Å². The largest absolute Gasteiger partial charge is 0.417 e. The predicted octanol–water partition coefficient (Wildman–Crippen LogP) is 1.40. The Bertz CT molecular complexity index is 564. The number of fused-ring (bicyclic) bond motifs is 1. The van der Waals surface area contributed by atoms with Gasteiger partial charge in [0.1, 0.15) is 0 Å². The Morgan fingerprint density at radius 3 is 3.00 bits per heavy atom. The van der Waals surface area contributed by atoms with Gasteiger partial charge in [-0.3, -0.25) is 4.98 Å². The lowest BCUT2D eigenvalue weighted by Crippen LogP contribution is -2.37. The first-order chi connectivity index (χ1) is 7.70. The van der Waals surface area contributed by atoms with Crippen LogP contribution in [0.5, 0.6) is 0 Å². The monoisotopic (exact) mass is 218 g/mol. The molecule has 0 atom stereocenters. The highest BCUT2D eigenvalue weighted by Crippen LogP contribution is 2.29. The van der Waals surface area contributed by atoms with Crippen LogP contribution >= 0.6 is 0 Å². The molecule has 1 aliphatic carbocycles. The third-order valence-corrected chi connectivity index (χ3v) is 3.28. The number of aromatic amines is 1. The quantitative estimate of drug-likeness (QED) is 0.800. The number of oxazole rings is 1. The van der Waals surface area contributed by atoms with Gasteiger partial charge in [0.05, 0.1) is 5.52 Å². The van der Waals surface area contributed by atoms with Crippen molar-refractivity contribution in [3.8, 4) is 0 Å². The molecule has 4 nitrogen and oxygen atoms in total. The van der Waals surface area contributed by atoms with Crippen molar-refractivity contribution in [2.75, 3.05) is 0 Å². The molecule has 1 fully saturated rings. The van der Waals surface area contributed by atoms with Crippen LogP contribution in [0.2, 0.25) is 0 Å². The van der Waals surface area contributed by atoms with Gasteiger partial charge < -0.3 is 10.2 Å². The van der Waals surface area contributed by atoms with Crippen molar-refractivity contribution in [3.05, 3.63) is 34.3 Å². The molecule has 0 spiro atoms. The first-order valence-electron chi connectivity index (χ1n) is 5.58. The van der Waals surface area contributed by atoms with E-state index in [0.29, 0.717) is 17.5 Å². The average molecular weight is 218 g/mol. The van der Waals surface area contributed by atoms with E-state index in [-0.39, 0.29) is 0 Å². The molecule has 0 amide bonds. The molecule has 0 aliphatic heterocycles. The molecule has 0 radical (unpaired) electrons. The Morgan fingerprint density at radius 2 is 2.25 bits per heavy atom. The number of hydrogen-bond donors (Lipinski definition) is 2. The zero-order chi connectivity index (χ0) is 11.1. The molecular formula is C12H14N2O2. The number of hydrogen-bond acceptors (Lipinski definition) is 3. The first-order valence-corrected chi connectivity index (χ1v) is 5.58. The summed E-state index contributed by atoms with van der Waals surface area (Å²) in [4.78, 5) is 13.6. The minimum Gasteiger partial charge on any atom is -0.408 e. The van der Waals surface area contributed by atoms with Crippen LogP contribution in [-0.4, -0.2) is 11.0 Å². The van der Waals surface area contributed by atoms with E-state index in [0.717, 1.165) is 24.8 Å². The van der Waals surface area contributed by atoms with Gasteiger partial charge in [-0.05, 0) is 42.9 Å². The summed E-state index contributed by atoms with van der Waals surface area (Å²) in [5.41, 5.74) is 8.37. The van der Waals surface area contributed by atoms with Gasteiger partial charge in [-0.15, -0.1) is 0 Å². The molecule has 1 aromatic carbocycles. The molecule has 1 heterocycles. The van der Waals surface area contributed by atoms with Crippen molar-refractivity contribution in [1.29, 1.82) is 0 Å². The summed E-state index contributed by atoms with van der Waals surface area (Å²) < 4.78 is 5.03. The molecule has 1 saturated carbocycles. The molecule has 4 heteroatoms. The number of benzene rings is 1. The predicted molar refractivity (Wildman–Crippen MR) is 61.2 cm³/mol. The lowest BCUT2D eigenvalue weighted by Gasteiger charge is -2.32. The van der Waals surface area contributed by atoms with Crippen molar-refractivity contribution in [2.45, 2.75) is 25.3 Å². The van der Waals surface area contributed by atoms with E-state index in [1.54, 1.807) is 0 Å². The van der Waals surface area contributed by atoms with E-state index in [4.69, 9.17) is 10.2 Å². The van der Waals surface area contributed by atoms with Gasteiger partial charge in [0, 0.05) is 6.04 Å². The molecular weight excluding hydrogens is 204 g/mol. The van der Waals surface area contributed by atoms with Gasteiger partial charge in [0.15, 0.2) is 5.58 Å². The minimum absolute atomic E-state index is 0.388. The second-order valence-electron chi connectivity index (χ2n) is 4.65. The van der Waals surface area contributed by atoms with Crippen LogP contribution in [-0.2, 0) is 6.42 Å². The summed E-state index contributed by atoms with van der Waals surface area (Å²) in [6.07, 6.45) is 3.24. The van der Waals surface area contributed by atoms with E-state index in [1.807, 2.05) is 18.2 Å². The Hall–Kier alpha value is -1.55. The van der Waals surface area contributed by atoms with Gasteiger partial charge >= 0.3 is 5.76 Å². The maximum Gasteiger partial charge on any atom is 0.417 e. The van der Waals surface area contributed by atoms with Crippen LogP contribution in [0.1, 0.15) is 18.4 Å². The molecule has 16 heavy (non-hydrogen) atoms. The van der Waals surface area contributed by atoms with Gasteiger partial charge in [-0.1, -0.05) is 6.07 Å². The maximum absolute atomic E-state index is 11.0. The maximum atomic E-state index is 11.0. The Labute approximate surface area is 92.4 Å². The van der Waals surface area contributed by atoms with Crippen LogP contribution in [0.4, 0.5) is 0 Å². The Morgan fingerprint density at radius 1 is 1.44 bits per heavy atom. The van der Waals surface area contributed by atoms with E-state index < -0.39 is 5.76 Å². The second-order valence-corrected chi connectivity index (χ2v) is 4.65. The second kappa shape index (κ2) is 3.49. The fourth-order valence-corrected chi connectivity index (χ4v) is 2.40. The highest BCUT2D eigenvalue weighted by Gasteiger charge is 2.25. The van der Waals surface area contributed by atoms with Crippen LogP contribution in [0, 0.1) is 5.92 Å². The SMILES string of the molecule is NC1CC(Cc2ccc3[nH]c(=O)oc3c2)C1. The first kappa shape index (κ1) is 9.66. The minimum atomic E-state index is -0.391. The lowest BCUT2D eigenvalue weighted by molar-refractivity contribution is 0.264. The fraction of sp³-hybridized carbons (Fsp3) is 0.417. The van der Waals surface area contributed by atoms with Gasteiger partial charge in [-0.2, -0.15) is 0 Å². The normalized spacial score (nSPS) is 24.6. The summed E-state index contributed by atoms with van der Waals surface area (Å²) >= 11 is 0. The molecule has 3 N–H and O–H groups in total. The van der Waals surface area contributed by atoms with Crippen molar-refractivity contribution < 1.29 is 4.42 Å². The van der Waals surface area contributed by atoms with E-state index in [2.05, 4.69) is 4.98 Å². The molecule has 1 aromatic heterocycles. The number of aromatic nitrogens is 1. The lowest BCUT2D eigenvalue weighted by atomic mass is 9.77.